The molecular weight excluding hydrogens is 320 g/mol. The van der Waals surface area contributed by atoms with Crippen LogP contribution in [0.5, 0.6) is 0 Å². The fourth-order valence-electron chi connectivity index (χ4n) is 3.10. The zero-order valence-corrected chi connectivity index (χ0v) is 16.7. The van der Waals surface area contributed by atoms with Crippen molar-refractivity contribution in [3.8, 4) is 0 Å². The van der Waals surface area contributed by atoms with Crippen LogP contribution in [0, 0.1) is 0 Å². The second-order valence-corrected chi connectivity index (χ2v) is 6.65. The van der Waals surface area contributed by atoms with Gasteiger partial charge < -0.3 is 0 Å². The summed E-state index contributed by atoms with van der Waals surface area (Å²) in [7, 11) is 0. The Morgan fingerprint density at radius 3 is 1.19 bits per heavy atom. The standard InChI is InChI=1S/C23H32N2O/c1-5-24(6-2)17-19-9-13-21(14-10-19)23(26)22-15-11-20(12-16-22)18-25(7-3)8-4/h9-16H,5-8,17-18H2,1-4H3. The van der Waals surface area contributed by atoms with Gasteiger partial charge in [-0.05, 0) is 37.3 Å². The van der Waals surface area contributed by atoms with Crippen LogP contribution in [0.2, 0.25) is 0 Å². The zero-order chi connectivity index (χ0) is 18.9. The first-order valence-corrected chi connectivity index (χ1v) is 9.78. The highest BCUT2D eigenvalue weighted by molar-refractivity contribution is 6.08. The fraction of sp³-hybridized carbons (Fsp3) is 0.435. The molecule has 0 spiro atoms. The number of nitrogens with zero attached hydrogens (tertiary/aromatic N) is 2. The molecule has 0 heterocycles. The minimum atomic E-state index is 0.0915. The van der Waals surface area contributed by atoms with Gasteiger partial charge in [0.2, 0.25) is 0 Å². The van der Waals surface area contributed by atoms with E-state index in [9.17, 15) is 4.79 Å². The molecule has 2 aromatic rings. The van der Waals surface area contributed by atoms with Crippen LogP contribution in [0.15, 0.2) is 48.5 Å². The molecule has 0 radical (unpaired) electrons. The molecule has 0 bridgehead atoms. The first-order chi connectivity index (χ1) is 12.6. The number of benzene rings is 2. The highest BCUT2D eigenvalue weighted by Gasteiger charge is 2.10. The molecule has 2 aromatic carbocycles. The molecule has 0 unspecified atom stereocenters. The zero-order valence-electron chi connectivity index (χ0n) is 16.7. The molecule has 0 aliphatic rings. The van der Waals surface area contributed by atoms with Gasteiger partial charge in [-0.25, -0.2) is 0 Å². The van der Waals surface area contributed by atoms with Gasteiger partial charge in [-0.3, -0.25) is 14.6 Å². The van der Waals surface area contributed by atoms with E-state index in [0.717, 1.165) is 50.4 Å². The van der Waals surface area contributed by atoms with Crippen molar-refractivity contribution in [1.82, 2.24) is 9.80 Å². The molecule has 0 N–H and O–H groups in total. The van der Waals surface area contributed by atoms with Gasteiger partial charge in [0.15, 0.2) is 5.78 Å². The first-order valence-electron chi connectivity index (χ1n) is 9.78. The summed E-state index contributed by atoms with van der Waals surface area (Å²) in [6.07, 6.45) is 0. The summed E-state index contributed by atoms with van der Waals surface area (Å²) >= 11 is 0. The van der Waals surface area contributed by atoms with Crippen molar-refractivity contribution < 1.29 is 4.79 Å². The van der Waals surface area contributed by atoms with Crippen LogP contribution in [0.25, 0.3) is 0 Å². The maximum absolute atomic E-state index is 12.7. The van der Waals surface area contributed by atoms with Crippen molar-refractivity contribution in [3.63, 3.8) is 0 Å². The van der Waals surface area contributed by atoms with E-state index < -0.39 is 0 Å². The molecule has 0 fully saturated rings. The van der Waals surface area contributed by atoms with Gasteiger partial charge >= 0.3 is 0 Å². The van der Waals surface area contributed by atoms with E-state index in [-0.39, 0.29) is 5.78 Å². The van der Waals surface area contributed by atoms with Crippen LogP contribution in [-0.2, 0) is 13.1 Å². The van der Waals surface area contributed by atoms with Crippen LogP contribution in [0.4, 0.5) is 0 Å². The third kappa shape index (κ3) is 5.52. The van der Waals surface area contributed by atoms with Crippen LogP contribution in [0.1, 0.15) is 54.7 Å². The predicted molar refractivity (Wildman–Crippen MR) is 110 cm³/mol. The predicted octanol–water partition coefficient (Wildman–Crippen LogP) is 4.60. The molecule has 0 aliphatic carbocycles. The lowest BCUT2D eigenvalue weighted by molar-refractivity contribution is 0.103. The molecule has 3 heteroatoms. The third-order valence-electron chi connectivity index (χ3n) is 5.03. The Morgan fingerprint density at radius 2 is 0.923 bits per heavy atom. The van der Waals surface area contributed by atoms with Gasteiger partial charge in [0.25, 0.3) is 0 Å². The van der Waals surface area contributed by atoms with Gasteiger partial charge in [0.05, 0.1) is 0 Å². The van der Waals surface area contributed by atoms with Crippen molar-refractivity contribution >= 4 is 5.78 Å². The number of rotatable bonds is 10. The average molecular weight is 353 g/mol. The largest absolute Gasteiger partial charge is 0.300 e. The molecule has 0 amide bonds. The van der Waals surface area contributed by atoms with Gasteiger partial charge in [-0.15, -0.1) is 0 Å². The van der Waals surface area contributed by atoms with E-state index in [4.69, 9.17) is 0 Å². The van der Waals surface area contributed by atoms with E-state index in [1.165, 1.54) is 11.1 Å². The van der Waals surface area contributed by atoms with E-state index in [0.29, 0.717) is 0 Å². The Balaban J connectivity index is 2.04. The first kappa shape index (κ1) is 20.3. The monoisotopic (exact) mass is 352 g/mol. The van der Waals surface area contributed by atoms with Crippen LogP contribution >= 0.6 is 0 Å². The molecule has 0 aliphatic heterocycles. The highest BCUT2D eigenvalue weighted by Crippen LogP contribution is 2.14. The molecule has 3 nitrogen and oxygen atoms in total. The van der Waals surface area contributed by atoms with Crippen molar-refractivity contribution in [1.29, 1.82) is 0 Å². The van der Waals surface area contributed by atoms with Crippen molar-refractivity contribution in [3.05, 3.63) is 70.8 Å². The molecular formula is C23H32N2O. The summed E-state index contributed by atoms with van der Waals surface area (Å²) in [5.74, 6) is 0.0915. The summed E-state index contributed by atoms with van der Waals surface area (Å²) in [5.41, 5.74) is 4.01. The van der Waals surface area contributed by atoms with Crippen molar-refractivity contribution in [2.45, 2.75) is 40.8 Å². The molecule has 26 heavy (non-hydrogen) atoms. The minimum absolute atomic E-state index is 0.0915. The van der Waals surface area contributed by atoms with E-state index in [1.807, 2.05) is 24.3 Å². The Hall–Kier alpha value is -1.97. The molecule has 140 valence electrons. The third-order valence-corrected chi connectivity index (χ3v) is 5.03. The second-order valence-electron chi connectivity index (χ2n) is 6.65. The number of carbonyl (C=O) groups is 1. The van der Waals surface area contributed by atoms with Gasteiger partial charge in [0.1, 0.15) is 0 Å². The number of ketones is 1. The van der Waals surface area contributed by atoms with Crippen LogP contribution in [0.3, 0.4) is 0 Å². The normalized spacial score (nSPS) is 11.3. The summed E-state index contributed by atoms with van der Waals surface area (Å²) in [6, 6.07) is 16.1. The Morgan fingerprint density at radius 1 is 0.615 bits per heavy atom. The molecule has 0 saturated heterocycles. The maximum Gasteiger partial charge on any atom is 0.193 e. The molecule has 0 atom stereocenters. The van der Waals surface area contributed by atoms with E-state index >= 15 is 0 Å². The average Bonchev–Trinajstić information content (AvgIpc) is 2.70. The van der Waals surface area contributed by atoms with Gasteiger partial charge in [0, 0.05) is 24.2 Å². The van der Waals surface area contributed by atoms with Gasteiger partial charge in [-0.2, -0.15) is 0 Å². The Kier molecular flexibility index (Phi) is 8.02. The minimum Gasteiger partial charge on any atom is -0.300 e. The molecule has 0 aromatic heterocycles. The summed E-state index contributed by atoms with van der Waals surface area (Å²) in [6.45, 7) is 14.7. The van der Waals surface area contributed by atoms with Crippen LogP contribution in [-0.4, -0.2) is 41.8 Å². The second kappa shape index (κ2) is 10.2. The quantitative estimate of drug-likeness (QED) is 0.584. The summed E-state index contributed by atoms with van der Waals surface area (Å²) < 4.78 is 0. The van der Waals surface area contributed by atoms with Crippen molar-refractivity contribution in [2.75, 3.05) is 26.2 Å². The number of hydrogen-bond acceptors (Lipinski definition) is 3. The van der Waals surface area contributed by atoms with E-state index in [1.54, 1.807) is 0 Å². The summed E-state index contributed by atoms with van der Waals surface area (Å²) in [5, 5.41) is 0. The number of carbonyl (C=O) groups excluding carboxylic acids is 1. The highest BCUT2D eigenvalue weighted by atomic mass is 16.1. The smallest absolute Gasteiger partial charge is 0.193 e. The lowest BCUT2D eigenvalue weighted by Crippen LogP contribution is -2.22. The Labute approximate surface area is 158 Å². The SMILES string of the molecule is CCN(CC)Cc1ccc(C(=O)c2ccc(CN(CC)CC)cc2)cc1. The Bertz CT molecular complexity index is 609. The fourth-order valence-corrected chi connectivity index (χ4v) is 3.10. The van der Waals surface area contributed by atoms with Crippen LogP contribution < -0.4 is 0 Å². The molecule has 0 saturated carbocycles. The maximum atomic E-state index is 12.7. The lowest BCUT2D eigenvalue weighted by atomic mass is 10.0. The van der Waals surface area contributed by atoms with Crippen molar-refractivity contribution in [2.24, 2.45) is 0 Å². The topological polar surface area (TPSA) is 23.6 Å². The summed E-state index contributed by atoms with van der Waals surface area (Å²) in [4.78, 5) is 17.5. The van der Waals surface area contributed by atoms with E-state index in [2.05, 4.69) is 61.8 Å². The molecule has 2 rings (SSSR count). The van der Waals surface area contributed by atoms with Gasteiger partial charge in [-0.1, -0.05) is 76.2 Å². The number of hydrogen-bond donors (Lipinski definition) is 0. The lowest BCUT2D eigenvalue weighted by Gasteiger charge is -2.18.